The molecule has 3 heterocycles. The van der Waals surface area contributed by atoms with E-state index < -0.39 is 0 Å². The zero-order valence-electron chi connectivity index (χ0n) is 13.8. The highest BCUT2D eigenvalue weighted by atomic mass is 32.1. The van der Waals surface area contributed by atoms with E-state index in [0.717, 1.165) is 16.1 Å². The van der Waals surface area contributed by atoms with Crippen molar-refractivity contribution >= 4 is 22.9 Å². The number of fused-ring (bicyclic) bond motifs is 1. The predicted octanol–water partition coefficient (Wildman–Crippen LogP) is 3.17. The van der Waals surface area contributed by atoms with Crippen molar-refractivity contribution in [3.05, 3.63) is 53.2 Å². The molecule has 0 bridgehead atoms. The molecule has 0 saturated heterocycles. The molecule has 6 nitrogen and oxygen atoms in total. The quantitative estimate of drug-likeness (QED) is 0.778. The summed E-state index contributed by atoms with van der Waals surface area (Å²) in [6, 6.07) is 12.0. The number of hydrogen-bond acceptors (Lipinski definition) is 6. The van der Waals surface area contributed by atoms with E-state index in [0.29, 0.717) is 24.7 Å². The second kappa shape index (κ2) is 6.33. The molecule has 0 radical (unpaired) electrons. The van der Waals surface area contributed by atoms with E-state index >= 15 is 0 Å². The molecule has 2 aromatic heterocycles. The number of carbonyl (C=O) groups is 1. The minimum Gasteiger partial charge on any atom is -0.369 e. The number of benzene rings is 1. The molecule has 7 heteroatoms. The van der Waals surface area contributed by atoms with Gasteiger partial charge < -0.3 is 15.2 Å². The molecule has 2 unspecified atom stereocenters. The third-order valence-corrected chi connectivity index (χ3v) is 5.45. The number of amides is 1. The first-order valence-electron chi connectivity index (χ1n) is 8.15. The van der Waals surface area contributed by atoms with Crippen LogP contribution in [0.3, 0.4) is 0 Å². The van der Waals surface area contributed by atoms with E-state index in [9.17, 15) is 4.79 Å². The SMILES string of the molecule is CC1CC(C(N)=O)c2ccccc2N1Cc1nc(-c2cccs2)no1. The first kappa shape index (κ1) is 15.8. The number of nitrogens with zero attached hydrogens (tertiary/aromatic N) is 3. The molecule has 0 aliphatic carbocycles. The molecule has 1 aliphatic rings. The lowest BCUT2D eigenvalue weighted by molar-refractivity contribution is -0.119. The van der Waals surface area contributed by atoms with Crippen LogP contribution < -0.4 is 10.6 Å². The van der Waals surface area contributed by atoms with Gasteiger partial charge >= 0.3 is 0 Å². The Morgan fingerprint density at radius 3 is 2.96 bits per heavy atom. The molecule has 0 fully saturated rings. The molecule has 2 N–H and O–H groups in total. The molecular weight excluding hydrogens is 336 g/mol. The molecule has 2 atom stereocenters. The Morgan fingerprint density at radius 2 is 2.20 bits per heavy atom. The predicted molar refractivity (Wildman–Crippen MR) is 96.3 cm³/mol. The Kier molecular flexibility index (Phi) is 4.01. The molecule has 3 aromatic rings. The van der Waals surface area contributed by atoms with Crippen molar-refractivity contribution in [2.45, 2.75) is 31.8 Å². The fraction of sp³-hybridized carbons (Fsp3) is 0.278. The summed E-state index contributed by atoms with van der Waals surface area (Å²) < 4.78 is 5.44. The van der Waals surface area contributed by atoms with Crippen molar-refractivity contribution in [3.8, 4) is 10.7 Å². The van der Waals surface area contributed by atoms with Gasteiger partial charge in [0.1, 0.15) is 0 Å². The second-order valence-corrected chi connectivity index (χ2v) is 7.16. The minimum absolute atomic E-state index is 0.143. The topological polar surface area (TPSA) is 85.3 Å². The zero-order valence-corrected chi connectivity index (χ0v) is 14.6. The normalized spacial score (nSPS) is 19.6. The summed E-state index contributed by atoms with van der Waals surface area (Å²) in [5.41, 5.74) is 7.57. The maximum Gasteiger partial charge on any atom is 0.246 e. The van der Waals surface area contributed by atoms with Gasteiger partial charge in [-0.15, -0.1) is 11.3 Å². The smallest absolute Gasteiger partial charge is 0.246 e. The summed E-state index contributed by atoms with van der Waals surface area (Å²) >= 11 is 1.58. The largest absolute Gasteiger partial charge is 0.369 e. The van der Waals surface area contributed by atoms with Gasteiger partial charge in [0.15, 0.2) is 0 Å². The number of nitrogens with two attached hydrogens (primary N) is 1. The lowest BCUT2D eigenvalue weighted by Gasteiger charge is -2.39. The molecule has 1 aliphatic heterocycles. The average Bonchev–Trinajstić information content (AvgIpc) is 3.28. The minimum atomic E-state index is -0.281. The lowest BCUT2D eigenvalue weighted by atomic mass is 9.85. The number of primary amides is 1. The van der Waals surface area contributed by atoms with Gasteiger partial charge in [-0.05, 0) is 36.4 Å². The van der Waals surface area contributed by atoms with E-state index in [2.05, 4.69) is 22.0 Å². The van der Waals surface area contributed by atoms with Crippen molar-refractivity contribution in [1.82, 2.24) is 10.1 Å². The number of aromatic nitrogens is 2. The fourth-order valence-corrected chi connectivity index (χ4v) is 4.01. The summed E-state index contributed by atoms with van der Waals surface area (Å²) in [7, 11) is 0. The summed E-state index contributed by atoms with van der Waals surface area (Å²) in [6.07, 6.45) is 0.679. The maximum absolute atomic E-state index is 11.8. The Morgan fingerprint density at radius 1 is 1.36 bits per heavy atom. The highest BCUT2D eigenvalue weighted by molar-refractivity contribution is 7.13. The van der Waals surface area contributed by atoms with Crippen molar-refractivity contribution in [2.75, 3.05) is 4.90 Å². The monoisotopic (exact) mass is 354 g/mol. The highest BCUT2D eigenvalue weighted by Gasteiger charge is 2.33. The van der Waals surface area contributed by atoms with Crippen LogP contribution in [0.25, 0.3) is 10.7 Å². The molecule has 0 spiro atoms. The van der Waals surface area contributed by atoms with Gasteiger partial charge in [-0.25, -0.2) is 0 Å². The van der Waals surface area contributed by atoms with Crippen LogP contribution in [0, 0.1) is 0 Å². The number of anilines is 1. The van der Waals surface area contributed by atoms with Gasteiger partial charge in [0.2, 0.25) is 17.6 Å². The Bertz CT molecular complexity index is 890. The van der Waals surface area contributed by atoms with Crippen LogP contribution in [-0.4, -0.2) is 22.1 Å². The van der Waals surface area contributed by atoms with E-state index in [1.165, 1.54) is 0 Å². The third-order valence-electron chi connectivity index (χ3n) is 4.59. The summed E-state index contributed by atoms with van der Waals surface area (Å²) in [5, 5.41) is 6.06. The van der Waals surface area contributed by atoms with Crippen LogP contribution >= 0.6 is 11.3 Å². The lowest BCUT2D eigenvalue weighted by Crippen LogP contribution is -2.41. The van der Waals surface area contributed by atoms with Gasteiger partial charge in [0, 0.05) is 11.7 Å². The van der Waals surface area contributed by atoms with Crippen LogP contribution in [0.1, 0.15) is 30.7 Å². The van der Waals surface area contributed by atoms with Crippen LogP contribution in [0.2, 0.25) is 0 Å². The second-order valence-electron chi connectivity index (χ2n) is 6.22. The highest BCUT2D eigenvalue weighted by Crippen LogP contribution is 2.39. The number of hydrogen-bond donors (Lipinski definition) is 1. The van der Waals surface area contributed by atoms with Crippen molar-refractivity contribution in [2.24, 2.45) is 5.73 Å². The van der Waals surface area contributed by atoms with Crippen molar-refractivity contribution in [3.63, 3.8) is 0 Å². The zero-order chi connectivity index (χ0) is 17.4. The van der Waals surface area contributed by atoms with Crippen LogP contribution in [0.5, 0.6) is 0 Å². The van der Waals surface area contributed by atoms with Crippen molar-refractivity contribution < 1.29 is 9.32 Å². The Labute approximate surface area is 149 Å². The first-order valence-corrected chi connectivity index (χ1v) is 9.03. The molecule has 4 rings (SSSR count). The summed E-state index contributed by atoms with van der Waals surface area (Å²) in [6.45, 7) is 2.59. The van der Waals surface area contributed by atoms with Crippen molar-refractivity contribution in [1.29, 1.82) is 0 Å². The van der Waals surface area contributed by atoms with E-state index in [1.54, 1.807) is 11.3 Å². The Balaban J connectivity index is 1.64. The van der Waals surface area contributed by atoms with Crippen LogP contribution in [-0.2, 0) is 11.3 Å². The van der Waals surface area contributed by atoms with Gasteiger partial charge in [-0.3, -0.25) is 4.79 Å². The number of para-hydroxylation sites is 1. The standard InChI is InChI=1S/C18H18N4O2S/c1-11-9-13(17(19)23)12-5-2-3-6-14(12)22(11)10-16-20-18(21-24-16)15-7-4-8-25-15/h2-8,11,13H,9-10H2,1H3,(H2,19,23). The first-order chi connectivity index (χ1) is 12.1. The molecular formula is C18H18N4O2S. The Hall–Kier alpha value is -2.67. The summed E-state index contributed by atoms with van der Waals surface area (Å²) in [5.74, 6) is 0.629. The third kappa shape index (κ3) is 2.91. The van der Waals surface area contributed by atoms with Gasteiger partial charge in [0.25, 0.3) is 0 Å². The molecule has 25 heavy (non-hydrogen) atoms. The number of rotatable bonds is 4. The molecule has 0 saturated carbocycles. The van der Waals surface area contributed by atoms with Gasteiger partial charge in [-0.2, -0.15) is 4.98 Å². The molecule has 128 valence electrons. The average molecular weight is 354 g/mol. The summed E-state index contributed by atoms with van der Waals surface area (Å²) in [4.78, 5) is 19.5. The number of carbonyl (C=O) groups excluding carboxylic acids is 1. The fourth-order valence-electron chi connectivity index (χ4n) is 3.36. The van der Waals surface area contributed by atoms with Gasteiger partial charge in [-0.1, -0.05) is 29.4 Å². The van der Waals surface area contributed by atoms with Gasteiger partial charge in [0.05, 0.1) is 17.3 Å². The number of thiophene rings is 1. The van der Waals surface area contributed by atoms with E-state index in [-0.39, 0.29) is 17.9 Å². The van der Waals surface area contributed by atoms with Crippen LogP contribution in [0.15, 0.2) is 46.3 Å². The van der Waals surface area contributed by atoms with E-state index in [4.69, 9.17) is 10.3 Å². The maximum atomic E-state index is 11.8. The molecule has 1 amide bonds. The van der Waals surface area contributed by atoms with Crippen LogP contribution in [0.4, 0.5) is 5.69 Å². The molecule has 1 aromatic carbocycles. The van der Waals surface area contributed by atoms with E-state index in [1.807, 2.05) is 41.8 Å².